The zero-order valence-corrected chi connectivity index (χ0v) is 10.3. The molecule has 0 bridgehead atoms. The molecule has 1 unspecified atom stereocenters. The minimum atomic E-state index is -0.266. The molecule has 1 atom stereocenters. The number of carbonyl (C=O) groups excluding carboxylic acids is 1. The highest BCUT2D eigenvalue weighted by Gasteiger charge is 2.28. The predicted molar refractivity (Wildman–Crippen MR) is 65.2 cm³/mol. The standard InChI is InChI=1S/C13H17NO4/c1-17-12-4-2-3-10(5-12)6-14-11(7-15)8-18-9-13(14)16/h2-5,11,15H,6-9H2,1H3. The second-order valence-corrected chi connectivity index (χ2v) is 4.22. The predicted octanol–water partition coefficient (Wildman–Crippen LogP) is 0.415. The molecule has 5 nitrogen and oxygen atoms in total. The highest BCUT2D eigenvalue weighted by Crippen LogP contribution is 2.17. The number of amides is 1. The maximum Gasteiger partial charge on any atom is 0.249 e. The lowest BCUT2D eigenvalue weighted by atomic mass is 10.1. The zero-order valence-electron chi connectivity index (χ0n) is 10.3. The summed E-state index contributed by atoms with van der Waals surface area (Å²) in [5.41, 5.74) is 0.975. The maximum atomic E-state index is 11.8. The van der Waals surface area contributed by atoms with Gasteiger partial charge < -0.3 is 19.5 Å². The number of carbonyl (C=O) groups is 1. The van der Waals surface area contributed by atoms with Gasteiger partial charge in [0.1, 0.15) is 12.4 Å². The van der Waals surface area contributed by atoms with Crippen LogP contribution in [0.5, 0.6) is 5.75 Å². The van der Waals surface area contributed by atoms with Crippen molar-refractivity contribution in [1.82, 2.24) is 4.90 Å². The average molecular weight is 251 g/mol. The van der Waals surface area contributed by atoms with Crippen LogP contribution in [0.15, 0.2) is 24.3 Å². The normalized spacial score (nSPS) is 20.0. The van der Waals surface area contributed by atoms with Crippen molar-refractivity contribution in [2.24, 2.45) is 0 Å². The van der Waals surface area contributed by atoms with E-state index >= 15 is 0 Å². The summed E-state index contributed by atoms with van der Waals surface area (Å²) in [6.45, 7) is 0.840. The van der Waals surface area contributed by atoms with Crippen LogP contribution in [0.2, 0.25) is 0 Å². The fourth-order valence-corrected chi connectivity index (χ4v) is 1.99. The van der Waals surface area contributed by atoms with E-state index < -0.39 is 0 Å². The van der Waals surface area contributed by atoms with E-state index in [2.05, 4.69) is 0 Å². The van der Waals surface area contributed by atoms with Gasteiger partial charge >= 0.3 is 0 Å². The first-order chi connectivity index (χ1) is 8.74. The smallest absolute Gasteiger partial charge is 0.249 e. The number of aliphatic hydroxyl groups is 1. The summed E-state index contributed by atoms with van der Waals surface area (Å²) in [7, 11) is 1.61. The van der Waals surface area contributed by atoms with Gasteiger partial charge in [0.2, 0.25) is 5.91 Å². The molecule has 1 saturated heterocycles. The van der Waals surface area contributed by atoms with Crippen molar-refractivity contribution in [3.05, 3.63) is 29.8 Å². The number of hydrogen-bond donors (Lipinski definition) is 1. The summed E-state index contributed by atoms with van der Waals surface area (Å²) in [6, 6.07) is 7.29. The number of ether oxygens (including phenoxy) is 2. The van der Waals surface area contributed by atoms with E-state index in [1.54, 1.807) is 12.0 Å². The number of rotatable bonds is 4. The quantitative estimate of drug-likeness (QED) is 0.842. The van der Waals surface area contributed by atoms with Crippen LogP contribution < -0.4 is 4.74 Å². The minimum absolute atomic E-state index is 0.0838. The number of methoxy groups -OCH3 is 1. The molecule has 2 rings (SSSR count). The SMILES string of the molecule is COc1cccc(CN2C(=O)COCC2CO)c1. The third kappa shape index (κ3) is 2.80. The van der Waals surface area contributed by atoms with Crippen LogP contribution in [0.4, 0.5) is 0 Å². The molecule has 0 spiro atoms. The van der Waals surface area contributed by atoms with E-state index in [-0.39, 0.29) is 25.2 Å². The first-order valence-electron chi connectivity index (χ1n) is 5.85. The minimum Gasteiger partial charge on any atom is -0.497 e. The van der Waals surface area contributed by atoms with Gasteiger partial charge in [-0.2, -0.15) is 0 Å². The third-order valence-electron chi connectivity index (χ3n) is 2.99. The summed E-state index contributed by atoms with van der Waals surface area (Å²) < 4.78 is 10.3. The first kappa shape index (κ1) is 12.9. The molecule has 0 aromatic heterocycles. The summed E-state index contributed by atoms with van der Waals surface area (Å²) in [4.78, 5) is 13.4. The molecular weight excluding hydrogens is 234 g/mol. The second-order valence-electron chi connectivity index (χ2n) is 4.22. The van der Waals surface area contributed by atoms with Crippen LogP contribution >= 0.6 is 0 Å². The Bertz CT molecular complexity index is 421. The molecule has 5 heteroatoms. The molecule has 1 amide bonds. The molecule has 1 N–H and O–H groups in total. The summed E-state index contributed by atoms with van der Waals surface area (Å²) in [6.07, 6.45) is 0. The monoisotopic (exact) mass is 251 g/mol. The molecule has 1 aromatic carbocycles. The summed E-state index contributed by atoms with van der Waals surface area (Å²) in [5, 5.41) is 9.26. The van der Waals surface area contributed by atoms with E-state index in [0.29, 0.717) is 13.2 Å². The van der Waals surface area contributed by atoms with E-state index in [1.807, 2.05) is 24.3 Å². The molecule has 0 radical (unpaired) electrons. The highest BCUT2D eigenvalue weighted by molar-refractivity contribution is 5.78. The van der Waals surface area contributed by atoms with Gasteiger partial charge in [-0.15, -0.1) is 0 Å². The van der Waals surface area contributed by atoms with Crippen molar-refractivity contribution in [2.45, 2.75) is 12.6 Å². The Kier molecular flexibility index (Phi) is 4.17. The van der Waals surface area contributed by atoms with E-state index in [9.17, 15) is 9.90 Å². The van der Waals surface area contributed by atoms with Crippen molar-refractivity contribution in [1.29, 1.82) is 0 Å². The van der Waals surface area contributed by atoms with E-state index in [0.717, 1.165) is 11.3 Å². The Balaban J connectivity index is 2.12. The van der Waals surface area contributed by atoms with E-state index in [1.165, 1.54) is 0 Å². The molecule has 0 aliphatic carbocycles. The van der Waals surface area contributed by atoms with E-state index in [4.69, 9.17) is 9.47 Å². The lowest BCUT2D eigenvalue weighted by Crippen LogP contribution is -2.50. The fourth-order valence-electron chi connectivity index (χ4n) is 1.99. The lowest BCUT2D eigenvalue weighted by molar-refractivity contribution is -0.151. The van der Waals surface area contributed by atoms with Crippen LogP contribution in [0.1, 0.15) is 5.56 Å². The van der Waals surface area contributed by atoms with Gasteiger partial charge in [-0.3, -0.25) is 4.79 Å². The largest absolute Gasteiger partial charge is 0.497 e. The van der Waals surface area contributed by atoms with Gasteiger partial charge in [-0.1, -0.05) is 12.1 Å². The van der Waals surface area contributed by atoms with Crippen LogP contribution in [0, 0.1) is 0 Å². The Hall–Kier alpha value is -1.59. The molecule has 0 saturated carbocycles. The van der Waals surface area contributed by atoms with Gasteiger partial charge in [0, 0.05) is 6.54 Å². The summed E-state index contributed by atoms with van der Waals surface area (Å²) in [5.74, 6) is 0.664. The van der Waals surface area contributed by atoms with Gasteiger partial charge in [-0.05, 0) is 17.7 Å². The van der Waals surface area contributed by atoms with Crippen LogP contribution in [0.25, 0.3) is 0 Å². The maximum absolute atomic E-state index is 11.8. The number of benzene rings is 1. The molecule has 1 heterocycles. The number of nitrogens with zero attached hydrogens (tertiary/aromatic N) is 1. The van der Waals surface area contributed by atoms with Crippen molar-refractivity contribution >= 4 is 5.91 Å². The van der Waals surface area contributed by atoms with Crippen LogP contribution in [-0.4, -0.2) is 48.9 Å². The topological polar surface area (TPSA) is 59.0 Å². The fraction of sp³-hybridized carbons (Fsp3) is 0.462. The van der Waals surface area contributed by atoms with Gasteiger partial charge in [0.05, 0.1) is 26.4 Å². The molecule has 1 aliphatic heterocycles. The van der Waals surface area contributed by atoms with Crippen LogP contribution in [0.3, 0.4) is 0 Å². The Labute approximate surface area is 106 Å². The Morgan fingerprint density at radius 1 is 1.56 bits per heavy atom. The molecular formula is C13H17NO4. The highest BCUT2D eigenvalue weighted by atomic mass is 16.5. The molecule has 1 aliphatic rings. The first-order valence-corrected chi connectivity index (χ1v) is 5.85. The van der Waals surface area contributed by atoms with Crippen molar-refractivity contribution in [2.75, 3.05) is 26.9 Å². The summed E-state index contributed by atoms with van der Waals surface area (Å²) >= 11 is 0. The molecule has 18 heavy (non-hydrogen) atoms. The Morgan fingerprint density at radius 3 is 3.11 bits per heavy atom. The van der Waals surface area contributed by atoms with Gasteiger partial charge in [-0.25, -0.2) is 0 Å². The molecule has 1 fully saturated rings. The van der Waals surface area contributed by atoms with Crippen molar-refractivity contribution in [3.63, 3.8) is 0 Å². The van der Waals surface area contributed by atoms with Gasteiger partial charge in [0.15, 0.2) is 0 Å². The third-order valence-corrected chi connectivity index (χ3v) is 2.99. The zero-order chi connectivity index (χ0) is 13.0. The van der Waals surface area contributed by atoms with Crippen LogP contribution in [-0.2, 0) is 16.1 Å². The average Bonchev–Trinajstić information content (AvgIpc) is 2.41. The molecule has 98 valence electrons. The van der Waals surface area contributed by atoms with Crippen molar-refractivity contribution in [3.8, 4) is 5.75 Å². The second kappa shape index (κ2) is 5.84. The number of morpholine rings is 1. The lowest BCUT2D eigenvalue weighted by Gasteiger charge is -2.34. The van der Waals surface area contributed by atoms with Crippen molar-refractivity contribution < 1.29 is 19.4 Å². The molecule has 1 aromatic rings. The van der Waals surface area contributed by atoms with Gasteiger partial charge in [0.25, 0.3) is 0 Å². The number of hydrogen-bond acceptors (Lipinski definition) is 4. The number of aliphatic hydroxyl groups excluding tert-OH is 1. The Morgan fingerprint density at radius 2 is 2.39 bits per heavy atom.